The summed E-state index contributed by atoms with van der Waals surface area (Å²) in [6, 6.07) is 8.04. The first-order valence-electron chi connectivity index (χ1n) is 9.89. The highest BCUT2D eigenvalue weighted by atomic mass is 16.5. The lowest BCUT2D eigenvalue weighted by atomic mass is 10.1. The van der Waals surface area contributed by atoms with Gasteiger partial charge in [-0.2, -0.15) is 5.10 Å². The van der Waals surface area contributed by atoms with Crippen molar-refractivity contribution in [3.05, 3.63) is 47.2 Å². The highest BCUT2D eigenvalue weighted by molar-refractivity contribution is 5.94. The summed E-state index contributed by atoms with van der Waals surface area (Å²) >= 11 is 0. The molecule has 1 amide bonds. The van der Waals surface area contributed by atoms with Gasteiger partial charge in [0.2, 0.25) is 0 Å². The molecule has 2 aliphatic rings. The first-order valence-corrected chi connectivity index (χ1v) is 9.89. The minimum Gasteiger partial charge on any atom is -0.378 e. The van der Waals surface area contributed by atoms with Crippen molar-refractivity contribution in [3.63, 3.8) is 0 Å². The topological polar surface area (TPSA) is 61.8 Å². The molecule has 0 bridgehead atoms. The van der Waals surface area contributed by atoms with Crippen molar-refractivity contribution in [1.29, 1.82) is 0 Å². The van der Waals surface area contributed by atoms with Crippen LogP contribution in [-0.4, -0.2) is 73.5 Å². The molecule has 2 fully saturated rings. The second kappa shape index (κ2) is 8.14. The van der Waals surface area contributed by atoms with Gasteiger partial charge < -0.3 is 19.4 Å². The average molecular weight is 381 g/mol. The predicted molar refractivity (Wildman–Crippen MR) is 109 cm³/mol. The number of anilines is 2. The zero-order chi connectivity index (χ0) is 19.5. The summed E-state index contributed by atoms with van der Waals surface area (Å²) in [5.41, 5.74) is 4.21. The molecule has 4 rings (SSSR count). The normalized spacial score (nSPS) is 17.7. The summed E-state index contributed by atoms with van der Waals surface area (Å²) in [4.78, 5) is 19.3. The molecule has 7 nitrogen and oxygen atoms in total. The van der Waals surface area contributed by atoms with Crippen LogP contribution < -0.4 is 9.80 Å². The van der Waals surface area contributed by atoms with Gasteiger partial charge in [0.25, 0.3) is 5.91 Å². The summed E-state index contributed by atoms with van der Waals surface area (Å²) in [6.45, 7) is 10.3. The van der Waals surface area contributed by atoms with Crippen LogP contribution in [-0.2, 0) is 4.74 Å². The second-order valence-corrected chi connectivity index (χ2v) is 7.45. The molecular weight excluding hydrogens is 354 g/mol. The van der Waals surface area contributed by atoms with Crippen molar-refractivity contribution in [2.75, 3.05) is 62.3 Å². The Balaban J connectivity index is 1.40. The van der Waals surface area contributed by atoms with E-state index in [1.807, 2.05) is 36.2 Å². The molecule has 1 aromatic heterocycles. The van der Waals surface area contributed by atoms with Gasteiger partial charge in [-0.05, 0) is 37.1 Å². The van der Waals surface area contributed by atoms with E-state index in [0.29, 0.717) is 13.1 Å². The fraction of sp³-hybridized carbons (Fsp3) is 0.476. The van der Waals surface area contributed by atoms with Gasteiger partial charge in [-0.15, -0.1) is 5.10 Å². The number of carbonyl (C=O) groups excluding carboxylic acids is 1. The van der Waals surface area contributed by atoms with Crippen LogP contribution in [0.3, 0.4) is 0 Å². The van der Waals surface area contributed by atoms with E-state index in [-0.39, 0.29) is 5.91 Å². The Bertz CT molecular complexity index is 842. The first kappa shape index (κ1) is 18.7. The summed E-state index contributed by atoms with van der Waals surface area (Å²) in [6.07, 6.45) is 1.81. The molecule has 28 heavy (non-hydrogen) atoms. The number of rotatable bonds is 3. The fourth-order valence-electron chi connectivity index (χ4n) is 3.69. The van der Waals surface area contributed by atoms with Crippen LogP contribution >= 0.6 is 0 Å². The smallest absolute Gasteiger partial charge is 0.253 e. The van der Waals surface area contributed by atoms with Gasteiger partial charge in [-0.25, -0.2) is 0 Å². The summed E-state index contributed by atoms with van der Waals surface area (Å²) in [5.74, 6) is 1.01. The number of amides is 1. The number of aromatic nitrogens is 2. The van der Waals surface area contributed by atoms with E-state index < -0.39 is 0 Å². The Hall–Kier alpha value is -2.67. The van der Waals surface area contributed by atoms with Crippen LogP contribution in [0.5, 0.6) is 0 Å². The molecule has 0 atom stereocenters. The lowest BCUT2D eigenvalue weighted by Gasteiger charge is -2.36. The maximum atomic E-state index is 12.8. The van der Waals surface area contributed by atoms with Gasteiger partial charge in [-0.1, -0.05) is 6.07 Å². The minimum absolute atomic E-state index is 0.115. The lowest BCUT2D eigenvalue weighted by Crippen LogP contribution is -2.49. The van der Waals surface area contributed by atoms with E-state index in [1.165, 1.54) is 5.56 Å². The van der Waals surface area contributed by atoms with Crippen LogP contribution in [0.25, 0.3) is 0 Å². The van der Waals surface area contributed by atoms with Crippen LogP contribution in [0.15, 0.2) is 30.5 Å². The Morgan fingerprint density at radius 1 is 0.929 bits per heavy atom. The Labute approximate surface area is 165 Å². The number of nitrogens with zero attached hydrogens (tertiary/aromatic N) is 5. The van der Waals surface area contributed by atoms with E-state index in [2.05, 4.69) is 33.0 Å². The van der Waals surface area contributed by atoms with E-state index in [4.69, 9.17) is 4.74 Å². The molecule has 0 aliphatic carbocycles. The SMILES string of the molecule is Cc1ccc(C(=O)N2CCN(c3cnnc(N4CCOCC4)c3)CC2)cc1C. The third kappa shape index (κ3) is 3.94. The summed E-state index contributed by atoms with van der Waals surface area (Å²) in [7, 11) is 0. The molecule has 1 aromatic carbocycles. The van der Waals surface area contributed by atoms with E-state index in [1.54, 1.807) is 0 Å². The molecule has 0 N–H and O–H groups in total. The second-order valence-electron chi connectivity index (χ2n) is 7.45. The summed E-state index contributed by atoms with van der Waals surface area (Å²) < 4.78 is 5.41. The molecule has 0 unspecified atom stereocenters. The molecular formula is C21H27N5O2. The molecule has 3 heterocycles. The number of carbonyl (C=O) groups is 1. The highest BCUT2D eigenvalue weighted by Crippen LogP contribution is 2.22. The molecule has 0 spiro atoms. The van der Waals surface area contributed by atoms with Gasteiger partial charge in [0.05, 0.1) is 25.1 Å². The van der Waals surface area contributed by atoms with E-state index in [9.17, 15) is 4.79 Å². The quantitative estimate of drug-likeness (QED) is 0.809. The summed E-state index contributed by atoms with van der Waals surface area (Å²) in [5, 5.41) is 8.49. The lowest BCUT2D eigenvalue weighted by molar-refractivity contribution is 0.0746. The highest BCUT2D eigenvalue weighted by Gasteiger charge is 2.23. The van der Waals surface area contributed by atoms with Crippen molar-refractivity contribution >= 4 is 17.4 Å². The monoisotopic (exact) mass is 381 g/mol. The minimum atomic E-state index is 0.115. The predicted octanol–water partition coefficient (Wildman–Crippen LogP) is 1.89. The van der Waals surface area contributed by atoms with Crippen molar-refractivity contribution in [2.45, 2.75) is 13.8 Å². The zero-order valence-electron chi connectivity index (χ0n) is 16.6. The zero-order valence-corrected chi connectivity index (χ0v) is 16.6. The van der Waals surface area contributed by atoms with Crippen molar-refractivity contribution in [1.82, 2.24) is 15.1 Å². The molecule has 2 aromatic rings. The fourth-order valence-corrected chi connectivity index (χ4v) is 3.69. The number of piperazine rings is 1. The molecule has 0 saturated carbocycles. The Morgan fingerprint density at radius 3 is 2.39 bits per heavy atom. The molecule has 0 radical (unpaired) electrons. The van der Waals surface area contributed by atoms with E-state index >= 15 is 0 Å². The van der Waals surface area contributed by atoms with Gasteiger partial charge in [0, 0.05) is 50.9 Å². The molecule has 2 aliphatic heterocycles. The molecule has 148 valence electrons. The molecule has 7 heteroatoms. The van der Waals surface area contributed by atoms with Crippen LogP contribution in [0, 0.1) is 13.8 Å². The Kier molecular flexibility index (Phi) is 5.43. The standard InChI is InChI=1S/C21H27N5O2/c1-16-3-4-18(13-17(16)2)21(27)26-7-5-24(6-8-26)19-14-20(23-22-15-19)25-9-11-28-12-10-25/h3-4,13-15H,5-12H2,1-2H3. The average Bonchev–Trinajstić information content (AvgIpc) is 2.76. The number of hydrogen-bond donors (Lipinski definition) is 0. The van der Waals surface area contributed by atoms with Gasteiger partial charge in [0.1, 0.15) is 0 Å². The Morgan fingerprint density at radius 2 is 1.68 bits per heavy atom. The maximum Gasteiger partial charge on any atom is 0.253 e. The number of ether oxygens (including phenoxy) is 1. The number of aryl methyl sites for hydroxylation is 2. The van der Waals surface area contributed by atoms with Crippen LogP contribution in [0.1, 0.15) is 21.5 Å². The van der Waals surface area contributed by atoms with E-state index in [0.717, 1.165) is 62.0 Å². The van der Waals surface area contributed by atoms with Crippen molar-refractivity contribution < 1.29 is 9.53 Å². The van der Waals surface area contributed by atoms with Gasteiger partial charge >= 0.3 is 0 Å². The number of morpholine rings is 1. The largest absolute Gasteiger partial charge is 0.378 e. The van der Waals surface area contributed by atoms with Crippen molar-refractivity contribution in [2.24, 2.45) is 0 Å². The third-order valence-corrected chi connectivity index (χ3v) is 5.65. The maximum absolute atomic E-state index is 12.8. The molecule has 2 saturated heterocycles. The third-order valence-electron chi connectivity index (χ3n) is 5.65. The van der Waals surface area contributed by atoms with Gasteiger partial charge in [0.15, 0.2) is 5.82 Å². The van der Waals surface area contributed by atoms with Crippen LogP contribution in [0.2, 0.25) is 0 Å². The first-order chi connectivity index (χ1) is 13.6. The van der Waals surface area contributed by atoms with Gasteiger partial charge in [-0.3, -0.25) is 4.79 Å². The van der Waals surface area contributed by atoms with Crippen LogP contribution in [0.4, 0.5) is 11.5 Å². The van der Waals surface area contributed by atoms with Crippen molar-refractivity contribution in [3.8, 4) is 0 Å². The number of benzene rings is 1. The number of hydrogen-bond acceptors (Lipinski definition) is 6.